The van der Waals surface area contributed by atoms with Gasteiger partial charge in [-0.2, -0.15) is 0 Å². The van der Waals surface area contributed by atoms with Crippen LogP contribution in [0.2, 0.25) is 0 Å². The maximum absolute atomic E-state index is 12.6. The summed E-state index contributed by atoms with van der Waals surface area (Å²) in [6.45, 7) is 0.490. The molecule has 1 heterocycles. The van der Waals surface area contributed by atoms with Gasteiger partial charge >= 0.3 is 0 Å². The van der Waals surface area contributed by atoms with Gasteiger partial charge in [0.05, 0.1) is 6.26 Å². The molecule has 0 radical (unpaired) electrons. The van der Waals surface area contributed by atoms with E-state index in [0.29, 0.717) is 18.5 Å². The normalized spacial score (nSPS) is 10.2. The molecule has 0 aliphatic heterocycles. The van der Waals surface area contributed by atoms with Gasteiger partial charge in [-0.1, -0.05) is 0 Å². The monoisotopic (exact) mass is 233 g/mol. The van der Waals surface area contributed by atoms with E-state index in [1.807, 2.05) is 6.07 Å². The minimum absolute atomic E-state index is 0.212. The van der Waals surface area contributed by atoms with Crippen molar-refractivity contribution < 1.29 is 13.6 Å². The van der Waals surface area contributed by atoms with Crippen LogP contribution in [0, 0.1) is 5.82 Å². The Morgan fingerprint density at radius 1 is 1.24 bits per heavy atom. The zero-order valence-electron chi connectivity index (χ0n) is 9.15. The van der Waals surface area contributed by atoms with Gasteiger partial charge in [-0.15, -0.1) is 0 Å². The third kappa shape index (κ3) is 3.17. The van der Waals surface area contributed by atoms with Crippen molar-refractivity contribution in [3.8, 4) is 0 Å². The molecule has 0 saturated heterocycles. The SMILES string of the molecule is O=C(NCCc1ccco1)c1ccc(F)cc1. The molecule has 3 nitrogen and oxygen atoms in total. The summed E-state index contributed by atoms with van der Waals surface area (Å²) >= 11 is 0. The van der Waals surface area contributed by atoms with Gasteiger partial charge in [0.25, 0.3) is 5.91 Å². The number of carbonyl (C=O) groups is 1. The van der Waals surface area contributed by atoms with E-state index < -0.39 is 0 Å². The molecule has 1 aromatic heterocycles. The lowest BCUT2D eigenvalue weighted by molar-refractivity contribution is 0.0953. The number of furan rings is 1. The van der Waals surface area contributed by atoms with Crippen LogP contribution in [0.25, 0.3) is 0 Å². The van der Waals surface area contributed by atoms with Crippen molar-refractivity contribution in [1.29, 1.82) is 0 Å². The van der Waals surface area contributed by atoms with E-state index >= 15 is 0 Å². The second-order valence-corrected chi connectivity index (χ2v) is 3.59. The second kappa shape index (κ2) is 5.30. The minimum atomic E-state index is -0.350. The molecule has 0 spiro atoms. The first-order chi connectivity index (χ1) is 8.25. The molecular weight excluding hydrogens is 221 g/mol. The molecule has 88 valence electrons. The Hall–Kier alpha value is -2.10. The van der Waals surface area contributed by atoms with Crippen LogP contribution in [-0.2, 0) is 6.42 Å². The average molecular weight is 233 g/mol. The van der Waals surface area contributed by atoms with Gasteiger partial charge < -0.3 is 9.73 Å². The van der Waals surface area contributed by atoms with Crippen LogP contribution >= 0.6 is 0 Å². The number of amides is 1. The van der Waals surface area contributed by atoms with Gasteiger partial charge in [-0.3, -0.25) is 4.79 Å². The highest BCUT2D eigenvalue weighted by atomic mass is 19.1. The molecule has 0 unspecified atom stereocenters. The van der Waals surface area contributed by atoms with E-state index in [1.54, 1.807) is 12.3 Å². The van der Waals surface area contributed by atoms with Crippen LogP contribution in [0.15, 0.2) is 47.1 Å². The van der Waals surface area contributed by atoms with Crippen LogP contribution in [0.1, 0.15) is 16.1 Å². The van der Waals surface area contributed by atoms with Crippen LogP contribution in [-0.4, -0.2) is 12.5 Å². The Labute approximate surface area is 98.3 Å². The lowest BCUT2D eigenvalue weighted by Crippen LogP contribution is -2.25. The summed E-state index contributed by atoms with van der Waals surface area (Å²) in [7, 11) is 0. The lowest BCUT2D eigenvalue weighted by Gasteiger charge is -2.03. The van der Waals surface area contributed by atoms with Crippen LogP contribution in [0.5, 0.6) is 0 Å². The first-order valence-electron chi connectivity index (χ1n) is 5.32. The van der Waals surface area contributed by atoms with Crippen LogP contribution in [0.4, 0.5) is 4.39 Å². The molecule has 0 saturated carbocycles. The quantitative estimate of drug-likeness (QED) is 0.881. The summed E-state index contributed by atoms with van der Waals surface area (Å²) in [5, 5.41) is 2.74. The number of benzene rings is 1. The van der Waals surface area contributed by atoms with Crippen molar-refractivity contribution in [3.63, 3.8) is 0 Å². The van der Waals surface area contributed by atoms with Crippen molar-refractivity contribution in [2.45, 2.75) is 6.42 Å². The predicted molar refractivity (Wildman–Crippen MR) is 61.1 cm³/mol. The van der Waals surface area contributed by atoms with E-state index in [0.717, 1.165) is 5.76 Å². The molecule has 0 atom stereocenters. The predicted octanol–water partition coefficient (Wildman–Crippen LogP) is 2.39. The maximum atomic E-state index is 12.6. The molecule has 1 N–H and O–H groups in total. The van der Waals surface area contributed by atoms with Gasteiger partial charge in [0, 0.05) is 18.5 Å². The average Bonchev–Trinajstić information content (AvgIpc) is 2.83. The number of rotatable bonds is 4. The zero-order valence-corrected chi connectivity index (χ0v) is 9.15. The molecule has 0 aliphatic carbocycles. The molecule has 1 amide bonds. The van der Waals surface area contributed by atoms with Crippen LogP contribution in [0.3, 0.4) is 0 Å². The van der Waals surface area contributed by atoms with E-state index in [1.165, 1.54) is 24.3 Å². The highest BCUT2D eigenvalue weighted by molar-refractivity contribution is 5.94. The van der Waals surface area contributed by atoms with Crippen molar-refractivity contribution in [2.75, 3.05) is 6.54 Å². The fourth-order valence-electron chi connectivity index (χ4n) is 1.46. The Bertz CT molecular complexity index is 477. The number of hydrogen-bond donors (Lipinski definition) is 1. The zero-order chi connectivity index (χ0) is 12.1. The molecule has 2 rings (SSSR count). The Kier molecular flexibility index (Phi) is 3.55. The van der Waals surface area contributed by atoms with E-state index in [4.69, 9.17) is 4.42 Å². The summed E-state index contributed by atoms with van der Waals surface area (Å²) in [4.78, 5) is 11.6. The lowest BCUT2D eigenvalue weighted by atomic mass is 10.2. The minimum Gasteiger partial charge on any atom is -0.469 e. The summed E-state index contributed by atoms with van der Waals surface area (Å²) < 4.78 is 17.8. The standard InChI is InChI=1S/C13H12FNO2/c14-11-5-3-10(4-6-11)13(16)15-8-7-12-2-1-9-17-12/h1-6,9H,7-8H2,(H,15,16). The van der Waals surface area contributed by atoms with Crippen molar-refractivity contribution in [2.24, 2.45) is 0 Å². The second-order valence-electron chi connectivity index (χ2n) is 3.59. The van der Waals surface area contributed by atoms with Gasteiger partial charge in [0.2, 0.25) is 0 Å². The highest BCUT2D eigenvalue weighted by Crippen LogP contribution is 2.03. The van der Waals surface area contributed by atoms with Crippen molar-refractivity contribution in [1.82, 2.24) is 5.32 Å². The molecule has 0 bridgehead atoms. The van der Waals surface area contributed by atoms with E-state index in [-0.39, 0.29) is 11.7 Å². The largest absolute Gasteiger partial charge is 0.469 e. The number of nitrogens with one attached hydrogen (secondary N) is 1. The topological polar surface area (TPSA) is 42.2 Å². The van der Waals surface area contributed by atoms with Gasteiger partial charge in [0.1, 0.15) is 11.6 Å². The molecule has 2 aromatic rings. The molecule has 4 heteroatoms. The van der Waals surface area contributed by atoms with Gasteiger partial charge in [-0.25, -0.2) is 4.39 Å². The van der Waals surface area contributed by atoms with Gasteiger partial charge in [-0.05, 0) is 36.4 Å². The fourth-order valence-corrected chi connectivity index (χ4v) is 1.46. The van der Waals surface area contributed by atoms with Crippen LogP contribution < -0.4 is 5.32 Å². The Morgan fingerprint density at radius 2 is 2.00 bits per heavy atom. The third-order valence-electron chi connectivity index (χ3n) is 2.34. The van der Waals surface area contributed by atoms with Crippen molar-refractivity contribution in [3.05, 3.63) is 59.8 Å². The molecular formula is C13H12FNO2. The molecule has 1 aromatic carbocycles. The summed E-state index contributed by atoms with van der Waals surface area (Å²) in [5.41, 5.74) is 0.450. The Morgan fingerprint density at radius 3 is 2.65 bits per heavy atom. The maximum Gasteiger partial charge on any atom is 0.251 e. The first kappa shape index (κ1) is 11.4. The molecule has 0 fully saturated rings. The fraction of sp³-hybridized carbons (Fsp3) is 0.154. The third-order valence-corrected chi connectivity index (χ3v) is 2.34. The first-order valence-corrected chi connectivity index (χ1v) is 5.32. The summed E-state index contributed by atoms with van der Waals surface area (Å²) in [5.74, 6) is 0.262. The summed E-state index contributed by atoms with van der Waals surface area (Å²) in [6.07, 6.45) is 2.23. The smallest absolute Gasteiger partial charge is 0.251 e. The Balaban J connectivity index is 1.83. The van der Waals surface area contributed by atoms with Crippen molar-refractivity contribution >= 4 is 5.91 Å². The highest BCUT2D eigenvalue weighted by Gasteiger charge is 2.05. The van der Waals surface area contributed by atoms with E-state index in [9.17, 15) is 9.18 Å². The van der Waals surface area contributed by atoms with E-state index in [2.05, 4.69) is 5.32 Å². The number of halogens is 1. The number of carbonyl (C=O) groups excluding carboxylic acids is 1. The molecule has 0 aliphatic rings. The molecule has 17 heavy (non-hydrogen) atoms. The summed E-state index contributed by atoms with van der Waals surface area (Å²) in [6, 6.07) is 9.10. The van der Waals surface area contributed by atoms with Gasteiger partial charge in [0.15, 0.2) is 0 Å². The number of hydrogen-bond acceptors (Lipinski definition) is 2.